The van der Waals surface area contributed by atoms with Gasteiger partial charge in [0.05, 0.1) is 0 Å². The Bertz CT molecular complexity index is 639. The summed E-state index contributed by atoms with van der Waals surface area (Å²) in [6.45, 7) is 28.5. The molecule has 1 fully saturated rings. The predicted molar refractivity (Wildman–Crippen MR) is 142 cm³/mol. The molecule has 0 bridgehead atoms. The molecule has 3 rings (SSSR count). The number of benzene rings is 2. The van der Waals surface area contributed by atoms with Crippen LogP contribution in [0.2, 0.25) is 0 Å². The summed E-state index contributed by atoms with van der Waals surface area (Å²) >= 11 is 0. The van der Waals surface area contributed by atoms with Gasteiger partial charge in [-0.1, -0.05) is 134 Å². The first-order chi connectivity index (χ1) is 14.8. The van der Waals surface area contributed by atoms with E-state index in [9.17, 15) is 0 Å². The average Bonchev–Trinajstić information content (AvgIpc) is 2.94. The normalized spacial score (nSPS) is 23.9. The van der Waals surface area contributed by atoms with Gasteiger partial charge in [0.15, 0.2) is 0 Å². The zero-order valence-electron chi connectivity index (χ0n) is 22.3. The molecule has 0 amide bonds. The van der Waals surface area contributed by atoms with Crippen LogP contribution < -0.4 is 0 Å². The van der Waals surface area contributed by atoms with Crippen LogP contribution in [0.25, 0.3) is 5.59 Å². The molecule has 3 heteroatoms. The Morgan fingerprint density at radius 1 is 0.545 bits per heavy atom. The zero-order valence-corrected chi connectivity index (χ0v) is 24.3. The molecule has 1 saturated carbocycles. The summed E-state index contributed by atoms with van der Waals surface area (Å²) in [5.41, 5.74) is 8.41. The van der Waals surface area contributed by atoms with Crippen molar-refractivity contribution in [2.24, 2.45) is 29.6 Å². The van der Waals surface area contributed by atoms with Gasteiger partial charge >= 0.3 is 21.1 Å². The maximum absolute atomic E-state index is 7.25. The molecule has 0 aromatic heterocycles. The fourth-order valence-electron chi connectivity index (χ4n) is 4.17. The van der Waals surface area contributed by atoms with Gasteiger partial charge in [-0.05, 0) is 29.6 Å². The quantitative estimate of drug-likeness (QED) is 0.281. The molecule has 2 aromatic carbocycles. The van der Waals surface area contributed by atoms with Crippen molar-refractivity contribution < 1.29 is 21.1 Å². The summed E-state index contributed by atoms with van der Waals surface area (Å²) in [6.07, 6.45) is 0. The van der Waals surface area contributed by atoms with Crippen molar-refractivity contribution in [3.63, 3.8) is 0 Å². The van der Waals surface area contributed by atoms with Crippen LogP contribution in [0, 0.1) is 48.3 Å². The Balaban J connectivity index is 0. The molecule has 1 aliphatic carbocycles. The monoisotopic (exact) mass is 534 g/mol. The van der Waals surface area contributed by atoms with Crippen LogP contribution in [-0.2, 0) is 31.9 Å². The minimum atomic E-state index is 0. The van der Waals surface area contributed by atoms with Crippen LogP contribution in [0.3, 0.4) is 0 Å². The molecule has 0 spiro atoms. The maximum Gasteiger partial charge on any atom is 4.00 e. The van der Waals surface area contributed by atoms with Crippen molar-refractivity contribution in [2.75, 3.05) is 0 Å². The molecule has 182 valence electrons. The number of hydrogen-bond acceptors (Lipinski definition) is 1. The van der Waals surface area contributed by atoms with E-state index < -0.39 is 0 Å². The minimum absolute atomic E-state index is 0. The van der Waals surface area contributed by atoms with E-state index in [-0.39, 0.29) is 31.9 Å². The van der Waals surface area contributed by atoms with E-state index >= 15 is 0 Å². The fraction of sp³-hybridized carbons (Fsp3) is 0.533. The predicted octanol–water partition coefficient (Wildman–Crippen LogP) is 9.10. The summed E-state index contributed by atoms with van der Waals surface area (Å²) in [5, 5.41) is 0. The van der Waals surface area contributed by atoms with Gasteiger partial charge in [-0.3, -0.25) is 0 Å². The van der Waals surface area contributed by atoms with Crippen molar-refractivity contribution in [1.82, 2.24) is 0 Å². The molecule has 0 heterocycles. The molecule has 1 aliphatic rings. The largest absolute Gasteiger partial charge is 4.00 e. The second-order valence-electron chi connectivity index (χ2n) is 10.8. The minimum Gasteiger partial charge on any atom is -0.577 e. The van der Waals surface area contributed by atoms with Gasteiger partial charge in [0.1, 0.15) is 0 Å². The number of nitroso groups, excluding NO2 is 1. The van der Waals surface area contributed by atoms with E-state index in [1.54, 1.807) is 0 Å². The first-order valence-corrected chi connectivity index (χ1v) is 11.8. The summed E-state index contributed by atoms with van der Waals surface area (Å²) in [7, 11) is 0. The van der Waals surface area contributed by atoms with E-state index in [1.165, 1.54) is 11.1 Å². The van der Waals surface area contributed by atoms with E-state index in [0.29, 0.717) is 0 Å². The van der Waals surface area contributed by atoms with Crippen LogP contribution in [-0.4, -0.2) is 0 Å². The van der Waals surface area contributed by atoms with Gasteiger partial charge in [-0.25, -0.2) is 0 Å². The SMILES string of the molecule is CC1C(C)C(C)C(C)C1C.[CH2-]C(C)(C)c1ccccc1.[CH2-]C(C)(C)c1ccccc1.[Mo+4].[N-]=O. The standard InChI is InChI=1S/C10H20.2C10H13.Mo.NO/c1-6-7(2)9(4)10(5)8(6)3;2*1-10(2,3)9-7-5-4-6-8-9;;1-2/h6-10H,1-5H3;2*4-8H,1H2,2-3H3;;/q;2*-1;+4;-1. The topological polar surface area (TPSA) is 39.4 Å². The summed E-state index contributed by atoms with van der Waals surface area (Å²) in [4.78, 5) is 7.25. The smallest absolute Gasteiger partial charge is 0.577 e. The second-order valence-corrected chi connectivity index (χ2v) is 10.8. The Hall–Kier alpha value is -1.27. The molecule has 2 nitrogen and oxygen atoms in total. The first-order valence-electron chi connectivity index (χ1n) is 11.8. The average molecular weight is 533 g/mol. The van der Waals surface area contributed by atoms with E-state index in [2.05, 4.69) is 100 Å². The maximum atomic E-state index is 7.25. The molecule has 2 aromatic rings. The number of nitrogens with zero attached hydrogens (tertiary/aromatic N) is 1. The summed E-state index contributed by atoms with van der Waals surface area (Å²) in [5.74, 6) is 4.68. The molecule has 0 radical (unpaired) electrons. The third-order valence-corrected chi connectivity index (χ3v) is 7.26. The number of rotatable bonds is 2. The molecule has 0 N–H and O–H groups in total. The van der Waals surface area contributed by atoms with Crippen molar-refractivity contribution >= 4 is 0 Å². The Labute approximate surface area is 219 Å². The van der Waals surface area contributed by atoms with Crippen LogP contribution in [0.1, 0.15) is 73.4 Å². The van der Waals surface area contributed by atoms with Gasteiger partial charge in [0.2, 0.25) is 0 Å². The zero-order chi connectivity index (χ0) is 25.1. The summed E-state index contributed by atoms with van der Waals surface area (Å²) < 4.78 is 0. The van der Waals surface area contributed by atoms with Crippen molar-refractivity contribution in [3.05, 3.63) is 96.1 Å². The molecule has 33 heavy (non-hydrogen) atoms. The van der Waals surface area contributed by atoms with Gasteiger partial charge in [-0.15, -0.1) is 10.8 Å². The van der Waals surface area contributed by atoms with E-state index in [0.717, 1.165) is 29.6 Å². The van der Waals surface area contributed by atoms with Crippen LogP contribution >= 0.6 is 0 Å². The Kier molecular flexibility index (Phi) is 16.0. The molecule has 0 atom stereocenters. The van der Waals surface area contributed by atoms with Crippen molar-refractivity contribution in [1.29, 1.82) is 0 Å². The Morgan fingerprint density at radius 3 is 0.848 bits per heavy atom. The fourth-order valence-corrected chi connectivity index (χ4v) is 4.17. The van der Waals surface area contributed by atoms with Gasteiger partial charge in [0.25, 0.3) is 0 Å². The van der Waals surface area contributed by atoms with E-state index in [1.807, 2.05) is 36.4 Å². The first kappa shape index (κ1) is 33.9. The third kappa shape index (κ3) is 11.6. The Morgan fingerprint density at radius 2 is 0.727 bits per heavy atom. The molecule has 0 saturated heterocycles. The molecular formula is C30H46MoNO+. The summed E-state index contributed by atoms with van der Waals surface area (Å²) in [6, 6.07) is 20.6. The van der Waals surface area contributed by atoms with Crippen LogP contribution in [0.4, 0.5) is 0 Å². The van der Waals surface area contributed by atoms with Gasteiger partial charge in [-0.2, -0.15) is 0 Å². The molecular weight excluding hydrogens is 486 g/mol. The van der Waals surface area contributed by atoms with Crippen molar-refractivity contribution in [3.8, 4) is 0 Å². The van der Waals surface area contributed by atoms with Gasteiger partial charge in [0, 0.05) is 0 Å². The van der Waals surface area contributed by atoms with Gasteiger partial charge < -0.3 is 24.3 Å². The number of hydrogen-bond donors (Lipinski definition) is 0. The van der Waals surface area contributed by atoms with Crippen LogP contribution in [0.15, 0.2) is 60.7 Å². The third-order valence-electron chi connectivity index (χ3n) is 7.26. The van der Waals surface area contributed by atoms with E-state index in [4.69, 9.17) is 10.5 Å². The molecule has 0 aliphatic heterocycles. The van der Waals surface area contributed by atoms with Crippen molar-refractivity contribution in [2.45, 2.75) is 73.1 Å². The second kappa shape index (κ2) is 15.6. The molecule has 0 unspecified atom stereocenters. The van der Waals surface area contributed by atoms with Crippen LogP contribution in [0.5, 0.6) is 0 Å².